The van der Waals surface area contributed by atoms with E-state index in [0.717, 1.165) is 35.0 Å². The van der Waals surface area contributed by atoms with Crippen molar-refractivity contribution in [3.05, 3.63) is 29.5 Å². The normalized spacial score (nSPS) is 18.0. The topological polar surface area (TPSA) is 57.2 Å². The molecule has 1 aromatic heterocycles. The van der Waals surface area contributed by atoms with Gasteiger partial charge in [0.05, 0.1) is 13.0 Å². The van der Waals surface area contributed by atoms with Crippen LogP contribution in [0.3, 0.4) is 0 Å². The van der Waals surface area contributed by atoms with E-state index in [-0.39, 0.29) is 11.9 Å². The van der Waals surface area contributed by atoms with E-state index >= 15 is 0 Å². The standard InChI is InChI=1S/C14H16N2O2/c1-16-11-5-3-8(15)7-10(11)13-9(14(17)18-2)4-6-12(13)16/h3,5,7,9H,4,6,15H2,1-2H3. The number of aryl methyl sites for hydroxylation is 1. The van der Waals surface area contributed by atoms with Crippen LogP contribution >= 0.6 is 0 Å². The van der Waals surface area contributed by atoms with Crippen LogP contribution in [0.2, 0.25) is 0 Å². The van der Waals surface area contributed by atoms with Gasteiger partial charge >= 0.3 is 5.97 Å². The zero-order chi connectivity index (χ0) is 12.9. The average Bonchev–Trinajstić information content (AvgIpc) is 2.90. The highest BCUT2D eigenvalue weighted by atomic mass is 16.5. The third kappa shape index (κ3) is 1.35. The van der Waals surface area contributed by atoms with Gasteiger partial charge in [-0.1, -0.05) is 0 Å². The quantitative estimate of drug-likeness (QED) is 0.616. The number of carbonyl (C=O) groups excluding carboxylic acids is 1. The first kappa shape index (κ1) is 11.1. The molecule has 2 N–H and O–H groups in total. The summed E-state index contributed by atoms with van der Waals surface area (Å²) in [5.74, 6) is -0.292. The Bertz CT molecular complexity index is 643. The molecule has 0 saturated heterocycles. The Hall–Kier alpha value is -1.97. The Kier molecular flexibility index (Phi) is 2.33. The lowest BCUT2D eigenvalue weighted by atomic mass is 10.00. The monoisotopic (exact) mass is 244 g/mol. The molecule has 18 heavy (non-hydrogen) atoms. The molecule has 1 aliphatic rings. The third-order valence-corrected chi connectivity index (χ3v) is 3.89. The molecule has 0 spiro atoms. The van der Waals surface area contributed by atoms with Crippen LogP contribution in [0.4, 0.5) is 5.69 Å². The molecule has 0 bridgehead atoms. The fraction of sp³-hybridized carbons (Fsp3) is 0.357. The Labute approximate surface area is 105 Å². The highest BCUT2D eigenvalue weighted by Gasteiger charge is 2.34. The van der Waals surface area contributed by atoms with Crippen LogP contribution in [-0.2, 0) is 23.0 Å². The molecule has 1 atom stereocenters. The minimum atomic E-state index is -0.149. The molecule has 94 valence electrons. The molecule has 1 unspecified atom stereocenters. The van der Waals surface area contributed by atoms with E-state index in [4.69, 9.17) is 10.5 Å². The van der Waals surface area contributed by atoms with Gasteiger partial charge in [0.25, 0.3) is 0 Å². The van der Waals surface area contributed by atoms with Gasteiger partial charge in [-0.15, -0.1) is 0 Å². The first-order chi connectivity index (χ1) is 8.63. The summed E-state index contributed by atoms with van der Waals surface area (Å²) in [6, 6.07) is 5.86. The lowest BCUT2D eigenvalue weighted by Gasteiger charge is -2.08. The average molecular weight is 244 g/mol. The summed E-state index contributed by atoms with van der Waals surface area (Å²) in [6.45, 7) is 0. The molecular formula is C14H16N2O2. The molecule has 1 aromatic carbocycles. The second-order valence-electron chi connectivity index (χ2n) is 4.81. The van der Waals surface area contributed by atoms with Crippen LogP contribution in [0.5, 0.6) is 0 Å². The lowest BCUT2D eigenvalue weighted by Crippen LogP contribution is -2.11. The van der Waals surface area contributed by atoms with Gasteiger partial charge in [0.2, 0.25) is 0 Å². The lowest BCUT2D eigenvalue weighted by molar-refractivity contribution is -0.142. The van der Waals surface area contributed by atoms with Crippen LogP contribution in [0.1, 0.15) is 23.6 Å². The van der Waals surface area contributed by atoms with Crippen LogP contribution in [0.15, 0.2) is 18.2 Å². The minimum absolute atomic E-state index is 0.143. The van der Waals surface area contributed by atoms with Gasteiger partial charge < -0.3 is 15.0 Å². The summed E-state index contributed by atoms with van der Waals surface area (Å²) in [4.78, 5) is 11.9. The summed E-state index contributed by atoms with van der Waals surface area (Å²) in [6.07, 6.45) is 1.75. The molecule has 1 aliphatic carbocycles. The number of methoxy groups -OCH3 is 1. The van der Waals surface area contributed by atoms with E-state index in [1.54, 1.807) is 0 Å². The number of aromatic nitrogens is 1. The predicted molar refractivity (Wildman–Crippen MR) is 70.4 cm³/mol. The van der Waals surface area contributed by atoms with Crippen LogP contribution in [0.25, 0.3) is 10.9 Å². The number of carbonyl (C=O) groups is 1. The number of nitrogens with two attached hydrogens (primary N) is 1. The van der Waals surface area contributed by atoms with Crippen molar-refractivity contribution < 1.29 is 9.53 Å². The number of fused-ring (bicyclic) bond motifs is 3. The molecule has 0 fully saturated rings. The highest BCUT2D eigenvalue weighted by Crippen LogP contribution is 2.41. The van der Waals surface area contributed by atoms with E-state index in [0.29, 0.717) is 0 Å². The number of ether oxygens (including phenoxy) is 1. The molecule has 0 aliphatic heterocycles. The number of benzene rings is 1. The first-order valence-electron chi connectivity index (χ1n) is 6.08. The Morgan fingerprint density at radius 2 is 2.28 bits per heavy atom. The highest BCUT2D eigenvalue weighted by molar-refractivity contribution is 5.94. The number of anilines is 1. The van der Waals surface area contributed by atoms with Gasteiger partial charge in [0, 0.05) is 29.3 Å². The molecule has 3 rings (SSSR count). The Morgan fingerprint density at radius 1 is 1.50 bits per heavy atom. The molecular weight excluding hydrogens is 228 g/mol. The number of rotatable bonds is 1. The van der Waals surface area contributed by atoms with Gasteiger partial charge in [0.15, 0.2) is 0 Å². The maximum absolute atomic E-state index is 11.9. The summed E-state index contributed by atoms with van der Waals surface area (Å²) in [5.41, 5.74) is 10.0. The van der Waals surface area contributed by atoms with Crippen molar-refractivity contribution >= 4 is 22.6 Å². The van der Waals surface area contributed by atoms with Crippen LogP contribution in [-0.4, -0.2) is 17.6 Å². The van der Waals surface area contributed by atoms with Gasteiger partial charge in [-0.3, -0.25) is 4.79 Å². The second kappa shape index (κ2) is 3.77. The first-order valence-corrected chi connectivity index (χ1v) is 6.08. The maximum Gasteiger partial charge on any atom is 0.313 e. The summed E-state index contributed by atoms with van der Waals surface area (Å²) in [7, 11) is 3.48. The predicted octanol–water partition coefficient (Wildman–Crippen LogP) is 1.96. The smallest absolute Gasteiger partial charge is 0.313 e. The van der Waals surface area contributed by atoms with Gasteiger partial charge in [-0.25, -0.2) is 0 Å². The largest absolute Gasteiger partial charge is 0.469 e. The number of nitrogen functional groups attached to an aromatic ring is 1. The van der Waals surface area contributed by atoms with E-state index in [1.807, 2.05) is 25.2 Å². The van der Waals surface area contributed by atoms with Crippen molar-refractivity contribution in [2.24, 2.45) is 7.05 Å². The van der Waals surface area contributed by atoms with Gasteiger partial charge in [-0.05, 0) is 36.6 Å². The minimum Gasteiger partial charge on any atom is -0.469 e. The number of nitrogens with zero attached hydrogens (tertiary/aromatic N) is 1. The third-order valence-electron chi connectivity index (χ3n) is 3.89. The van der Waals surface area contributed by atoms with Crippen molar-refractivity contribution in [3.63, 3.8) is 0 Å². The van der Waals surface area contributed by atoms with Crippen molar-refractivity contribution in [2.75, 3.05) is 12.8 Å². The maximum atomic E-state index is 11.9. The molecule has 0 radical (unpaired) electrons. The van der Waals surface area contributed by atoms with Crippen molar-refractivity contribution in [2.45, 2.75) is 18.8 Å². The summed E-state index contributed by atoms with van der Waals surface area (Å²) < 4.78 is 7.06. The van der Waals surface area contributed by atoms with E-state index < -0.39 is 0 Å². The molecule has 4 nitrogen and oxygen atoms in total. The Balaban J connectivity index is 2.28. The van der Waals surface area contributed by atoms with Gasteiger partial charge in [0.1, 0.15) is 0 Å². The number of hydrogen-bond acceptors (Lipinski definition) is 3. The fourth-order valence-corrected chi connectivity index (χ4v) is 3.04. The molecule has 2 aromatic rings. The van der Waals surface area contributed by atoms with E-state index in [9.17, 15) is 4.79 Å². The Morgan fingerprint density at radius 3 is 3.00 bits per heavy atom. The zero-order valence-corrected chi connectivity index (χ0v) is 10.6. The molecule has 0 amide bonds. The van der Waals surface area contributed by atoms with E-state index in [2.05, 4.69) is 4.57 Å². The van der Waals surface area contributed by atoms with Crippen molar-refractivity contribution in [1.29, 1.82) is 0 Å². The molecule has 0 saturated carbocycles. The summed E-state index contributed by atoms with van der Waals surface area (Å²) >= 11 is 0. The summed E-state index contributed by atoms with van der Waals surface area (Å²) in [5, 5.41) is 1.08. The second-order valence-corrected chi connectivity index (χ2v) is 4.81. The van der Waals surface area contributed by atoms with Crippen LogP contribution < -0.4 is 5.73 Å². The van der Waals surface area contributed by atoms with E-state index in [1.165, 1.54) is 12.8 Å². The van der Waals surface area contributed by atoms with Gasteiger partial charge in [-0.2, -0.15) is 0 Å². The SMILES string of the molecule is COC(=O)C1CCc2c1c1cc(N)ccc1n2C. The fourth-order valence-electron chi connectivity index (χ4n) is 3.04. The zero-order valence-electron chi connectivity index (χ0n) is 10.6. The molecule has 1 heterocycles. The number of esters is 1. The molecule has 4 heteroatoms. The van der Waals surface area contributed by atoms with Crippen molar-refractivity contribution in [3.8, 4) is 0 Å². The number of hydrogen-bond donors (Lipinski definition) is 1. The van der Waals surface area contributed by atoms with Crippen LogP contribution in [0, 0.1) is 0 Å². The van der Waals surface area contributed by atoms with Crippen molar-refractivity contribution in [1.82, 2.24) is 4.57 Å².